The Kier molecular flexibility index (Phi) is 4.96. The summed E-state index contributed by atoms with van der Waals surface area (Å²) >= 11 is 0. The predicted molar refractivity (Wildman–Crippen MR) is 80.8 cm³/mol. The van der Waals surface area contributed by atoms with Crippen molar-refractivity contribution in [2.45, 2.75) is 10.6 Å². The van der Waals surface area contributed by atoms with E-state index in [0.29, 0.717) is 17.1 Å². The van der Waals surface area contributed by atoms with Crippen LogP contribution in [0.3, 0.4) is 0 Å². The van der Waals surface area contributed by atoms with Crippen LogP contribution < -0.4 is 9.47 Å². The van der Waals surface area contributed by atoms with Gasteiger partial charge in [-0.2, -0.15) is 5.26 Å². The van der Waals surface area contributed by atoms with Crippen LogP contribution in [0.1, 0.15) is 11.1 Å². The van der Waals surface area contributed by atoms with Crippen LogP contribution in [-0.4, -0.2) is 18.4 Å². The van der Waals surface area contributed by atoms with Crippen molar-refractivity contribution in [2.24, 2.45) is 0 Å². The van der Waals surface area contributed by atoms with Gasteiger partial charge >= 0.3 is 0 Å². The largest absolute Gasteiger partial charge is 0.497 e. The Balaban J connectivity index is 2.17. The minimum atomic E-state index is -1.16. The Bertz CT molecular complexity index is 690. The van der Waals surface area contributed by atoms with Crippen LogP contribution in [0.25, 0.3) is 0 Å². The summed E-state index contributed by atoms with van der Waals surface area (Å²) in [6.07, 6.45) is 0. The van der Waals surface area contributed by atoms with E-state index in [-0.39, 0.29) is 0 Å². The van der Waals surface area contributed by atoms with Gasteiger partial charge < -0.3 is 9.47 Å². The van der Waals surface area contributed by atoms with Crippen LogP contribution >= 0.6 is 0 Å². The zero-order chi connectivity index (χ0) is 15.2. The van der Waals surface area contributed by atoms with Crippen molar-refractivity contribution in [3.8, 4) is 17.6 Å². The quantitative estimate of drug-likeness (QED) is 0.852. The van der Waals surface area contributed by atoms with Gasteiger partial charge in [0, 0.05) is 4.90 Å². The number of benzene rings is 2. The molecule has 2 aromatic rings. The number of hydrogen-bond acceptors (Lipinski definition) is 4. The summed E-state index contributed by atoms with van der Waals surface area (Å²) < 4.78 is 22.6. The molecule has 0 N–H and O–H groups in total. The molecule has 2 aromatic carbocycles. The SMILES string of the molecule is COc1ccc(S(=O)Cc2ccc(C#N)c(OC)c2)cc1. The van der Waals surface area contributed by atoms with Crippen molar-refractivity contribution >= 4 is 10.8 Å². The maximum absolute atomic E-state index is 12.3. The highest BCUT2D eigenvalue weighted by atomic mass is 32.2. The molecule has 2 rings (SSSR count). The molecule has 21 heavy (non-hydrogen) atoms. The smallest absolute Gasteiger partial charge is 0.136 e. The monoisotopic (exact) mass is 301 g/mol. The second-order valence-corrected chi connectivity index (χ2v) is 5.76. The van der Waals surface area contributed by atoms with Gasteiger partial charge in [0.05, 0.1) is 36.3 Å². The summed E-state index contributed by atoms with van der Waals surface area (Å²) in [5, 5.41) is 8.95. The zero-order valence-corrected chi connectivity index (χ0v) is 12.6. The van der Waals surface area contributed by atoms with E-state index in [1.807, 2.05) is 0 Å². The summed E-state index contributed by atoms with van der Waals surface area (Å²) in [7, 11) is 1.95. The molecule has 0 saturated carbocycles. The summed E-state index contributed by atoms with van der Waals surface area (Å²) in [6, 6.07) is 14.4. The summed E-state index contributed by atoms with van der Waals surface area (Å²) in [5.41, 5.74) is 1.33. The first-order chi connectivity index (χ1) is 10.2. The molecule has 1 atom stereocenters. The molecular weight excluding hydrogens is 286 g/mol. The van der Waals surface area contributed by atoms with Gasteiger partial charge in [-0.3, -0.25) is 4.21 Å². The Labute approximate surface area is 126 Å². The lowest BCUT2D eigenvalue weighted by molar-refractivity contribution is 0.413. The van der Waals surface area contributed by atoms with Crippen molar-refractivity contribution in [3.05, 3.63) is 53.6 Å². The topological polar surface area (TPSA) is 59.3 Å². The predicted octanol–water partition coefficient (Wildman–Crippen LogP) is 2.88. The lowest BCUT2D eigenvalue weighted by atomic mass is 10.1. The van der Waals surface area contributed by atoms with Crippen molar-refractivity contribution in [3.63, 3.8) is 0 Å². The van der Waals surface area contributed by atoms with Gasteiger partial charge in [0.15, 0.2) is 0 Å². The zero-order valence-electron chi connectivity index (χ0n) is 11.8. The number of nitrogens with zero attached hydrogens (tertiary/aromatic N) is 1. The molecule has 0 aliphatic carbocycles. The molecule has 0 radical (unpaired) electrons. The molecule has 0 amide bonds. The first-order valence-corrected chi connectivity index (χ1v) is 7.59. The summed E-state index contributed by atoms with van der Waals surface area (Å²) in [4.78, 5) is 0.735. The van der Waals surface area contributed by atoms with E-state index in [1.54, 1.807) is 49.6 Å². The van der Waals surface area contributed by atoms with Gasteiger partial charge in [0.2, 0.25) is 0 Å². The Morgan fingerprint density at radius 3 is 2.38 bits per heavy atom. The van der Waals surface area contributed by atoms with Crippen LogP contribution in [0.2, 0.25) is 0 Å². The summed E-state index contributed by atoms with van der Waals surface area (Å²) in [5.74, 6) is 1.60. The lowest BCUT2D eigenvalue weighted by Gasteiger charge is -2.07. The third-order valence-corrected chi connectivity index (χ3v) is 4.40. The molecule has 0 saturated heterocycles. The van der Waals surface area contributed by atoms with E-state index in [1.165, 1.54) is 7.11 Å². The first-order valence-electron chi connectivity index (χ1n) is 6.27. The van der Waals surface area contributed by atoms with Gasteiger partial charge in [-0.05, 0) is 42.0 Å². The van der Waals surface area contributed by atoms with Crippen molar-refractivity contribution in [2.75, 3.05) is 14.2 Å². The molecule has 5 heteroatoms. The Hall–Kier alpha value is -2.32. The lowest BCUT2D eigenvalue weighted by Crippen LogP contribution is -1.98. The summed E-state index contributed by atoms with van der Waals surface area (Å²) in [6.45, 7) is 0. The van der Waals surface area contributed by atoms with E-state index < -0.39 is 10.8 Å². The third-order valence-electron chi connectivity index (χ3n) is 3.01. The van der Waals surface area contributed by atoms with Crippen LogP contribution in [-0.2, 0) is 16.6 Å². The van der Waals surface area contributed by atoms with Crippen LogP contribution in [0, 0.1) is 11.3 Å². The van der Waals surface area contributed by atoms with E-state index in [9.17, 15) is 4.21 Å². The molecule has 0 aliphatic heterocycles. The van der Waals surface area contributed by atoms with Gasteiger partial charge in [0.25, 0.3) is 0 Å². The van der Waals surface area contributed by atoms with Crippen molar-refractivity contribution < 1.29 is 13.7 Å². The fourth-order valence-corrected chi connectivity index (χ4v) is 2.97. The van der Waals surface area contributed by atoms with Crippen molar-refractivity contribution in [1.29, 1.82) is 5.26 Å². The number of hydrogen-bond donors (Lipinski definition) is 0. The van der Waals surface area contributed by atoms with Crippen LogP contribution in [0.4, 0.5) is 0 Å². The van der Waals surface area contributed by atoms with Gasteiger partial charge in [0.1, 0.15) is 17.6 Å². The average molecular weight is 301 g/mol. The number of rotatable bonds is 5. The maximum Gasteiger partial charge on any atom is 0.136 e. The molecule has 0 aromatic heterocycles. The molecule has 0 spiro atoms. The molecule has 4 nitrogen and oxygen atoms in total. The Morgan fingerprint density at radius 1 is 1.10 bits per heavy atom. The molecule has 0 fully saturated rings. The van der Waals surface area contributed by atoms with Crippen LogP contribution in [0.5, 0.6) is 11.5 Å². The van der Waals surface area contributed by atoms with E-state index in [0.717, 1.165) is 16.2 Å². The Morgan fingerprint density at radius 2 is 1.81 bits per heavy atom. The molecule has 0 heterocycles. The second-order valence-electron chi connectivity index (χ2n) is 4.31. The standard InChI is InChI=1S/C16H15NO3S/c1-19-14-5-7-15(8-6-14)21(18)11-12-3-4-13(10-17)16(9-12)20-2/h3-9H,11H2,1-2H3. The minimum Gasteiger partial charge on any atom is -0.497 e. The first kappa shape index (κ1) is 15.1. The second kappa shape index (κ2) is 6.91. The highest BCUT2D eigenvalue weighted by Gasteiger charge is 2.09. The molecule has 0 aliphatic rings. The van der Waals surface area contributed by atoms with Gasteiger partial charge in [-0.25, -0.2) is 0 Å². The minimum absolute atomic E-state index is 0.369. The number of ether oxygens (including phenoxy) is 2. The maximum atomic E-state index is 12.3. The highest BCUT2D eigenvalue weighted by Crippen LogP contribution is 2.22. The molecule has 0 bridgehead atoms. The number of methoxy groups -OCH3 is 2. The fraction of sp³-hybridized carbons (Fsp3) is 0.188. The van der Waals surface area contributed by atoms with Gasteiger partial charge in [-0.1, -0.05) is 6.07 Å². The molecule has 108 valence electrons. The highest BCUT2D eigenvalue weighted by molar-refractivity contribution is 7.84. The normalized spacial score (nSPS) is 11.5. The van der Waals surface area contributed by atoms with Crippen LogP contribution in [0.15, 0.2) is 47.4 Å². The fourth-order valence-electron chi connectivity index (χ4n) is 1.88. The molecule has 1 unspecified atom stereocenters. The molecular formula is C16H15NO3S. The van der Waals surface area contributed by atoms with E-state index in [2.05, 4.69) is 6.07 Å². The van der Waals surface area contributed by atoms with E-state index >= 15 is 0 Å². The van der Waals surface area contributed by atoms with E-state index in [4.69, 9.17) is 14.7 Å². The average Bonchev–Trinajstić information content (AvgIpc) is 2.54. The van der Waals surface area contributed by atoms with Crippen molar-refractivity contribution in [1.82, 2.24) is 0 Å². The van der Waals surface area contributed by atoms with Gasteiger partial charge in [-0.15, -0.1) is 0 Å². The third kappa shape index (κ3) is 3.61. The number of nitriles is 1.